The van der Waals surface area contributed by atoms with E-state index in [1.54, 1.807) is 0 Å². The molecule has 26 heavy (non-hydrogen) atoms. The van der Waals surface area contributed by atoms with Crippen molar-refractivity contribution in [3.8, 4) is 0 Å². The van der Waals surface area contributed by atoms with Gasteiger partial charge < -0.3 is 5.32 Å². The molecule has 0 atom stereocenters. The molecule has 2 fully saturated rings. The van der Waals surface area contributed by atoms with Gasteiger partial charge in [0.1, 0.15) is 5.69 Å². The maximum absolute atomic E-state index is 12.2. The zero-order chi connectivity index (χ0) is 17.9. The number of aromatic amines is 1. The molecule has 0 bridgehead atoms. The number of nitrogens with one attached hydrogen (secondary N) is 2. The summed E-state index contributed by atoms with van der Waals surface area (Å²) in [5.74, 6) is 1.34. The summed E-state index contributed by atoms with van der Waals surface area (Å²) < 4.78 is 0. The molecular weight excluding hydrogens is 324 g/mol. The number of hydrogen-bond donors (Lipinski definition) is 2. The third kappa shape index (κ3) is 4.33. The number of H-pyrrole nitrogens is 1. The molecule has 5 nitrogen and oxygen atoms in total. The molecule has 2 heterocycles. The molecule has 1 saturated heterocycles. The zero-order valence-corrected chi connectivity index (χ0v) is 15.5. The minimum Gasteiger partial charge on any atom is -0.347 e. The van der Waals surface area contributed by atoms with Gasteiger partial charge in [-0.05, 0) is 61.9 Å². The first kappa shape index (κ1) is 17.3. The fraction of sp³-hybridized carbons (Fsp3) is 0.524. The number of nitrogens with zero attached hydrogens (tertiary/aromatic N) is 2. The molecule has 1 amide bonds. The molecule has 0 spiro atoms. The number of likely N-dealkylation sites (tertiary alicyclic amines) is 1. The molecule has 2 aromatic rings. The second-order valence-electron chi connectivity index (χ2n) is 7.94. The van der Waals surface area contributed by atoms with E-state index in [9.17, 15) is 4.79 Å². The normalized spacial score (nSPS) is 18.8. The average Bonchev–Trinajstić information content (AvgIpc) is 3.39. The van der Waals surface area contributed by atoms with Crippen LogP contribution in [0.3, 0.4) is 0 Å². The Morgan fingerprint density at radius 3 is 2.54 bits per heavy atom. The van der Waals surface area contributed by atoms with Crippen LogP contribution in [0.4, 0.5) is 0 Å². The Bertz CT molecular complexity index is 740. The minimum absolute atomic E-state index is 0.111. The minimum atomic E-state index is -0.111. The summed E-state index contributed by atoms with van der Waals surface area (Å²) in [6.45, 7) is 6.30. The number of aromatic nitrogens is 2. The summed E-state index contributed by atoms with van der Waals surface area (Å²) in [5, 5.41) is 10.1. The highest BCUT2D eigenvalue weighted by molar-refractivity contribution is 5.92. The van der Waals surface area contributed by atoms with Gasteiger partial charge in [-0.1, -0.05) is 31.2 Å². The highest BCUT2D eigenvalue weighted by atomic mass is 16.1. The van der Waals surface area contributed by atoms with Gasteiger partial charge in [-0.15, -0.1) is 0 Å². The Morgan fingerprint density at radius 1 is 1.15 bits per heavy atom. The van der Waals surface area contributed by atoms with Crippen LogP contribution in [-0.4, -0.2) is 34.1 Å². The van der Waals surface area contributed by atoms with E-state index in [0.717, 1.165) is 23.7 Å². The molecule has 0 radical (unpaired) electrons. The third-order valence-corrected chi connectivity index (χ3v) is 5.61. The van der Waals surface area contributed by atoms with Gasteiger partial charge in [0, 0.05) is 24.7 Å². The van der Waals surface area contributed by atoms with Gasteiger partial charge in [-0.2, -0.15) is 5.10 Å². The molecule has 1 aliphatic carbocycles. The van der Waals surface area contributed by atoms with Crippen molar-refractivity contribution in [2.45, 2.75) is 51.6 Å². The fourth-order valence-corrected chi connectivity index (χ4v) is 3.57. The van der Waals surface area contributed by atoms with Crippen molar-refractivity contribution in [2.24, 2.45) is 5.92 Å². The van der Waals surface area contributed by atoms with E-state index >= 15 is 0 Å². The van der Waals surface area contributed by atoms with Crippen molar-refractivity contribution in [1.29, 1.82) is 0 Å². The van der Waals surface area contributed by atoms with Crippen molar-refractivity contribution in [3.63, 3.8) is 0 Å². The molecule has 0 unspecified atom stereocenters. The Labute approximate surface area is 155 Å². The molecular formula is C21H28N4O. The summed E-state index contributed by atoms with van der Waals surface area (Å²) in [5.41, 5.74) is 4.04. The topological polar surface area (TPSA) is 61.0 Å². The predicted octanol–water partition coefficient (Wildman–Crippen LogP) is 3.45. The molecule has 1 aromatic carbocycles. The maximum atomic E-state index is 12.2. The summed E-state index contributed by atoms with van der Waals surface area (Å²) in [6.07, 6.45) is 5.01. The lowest BCUT2D eigenvalue weighted by Gasteiger charge is -2.30. The van der Waals surface area contributed by atoms with E-state index in [2.05, 4.69) is 51.6 Å². The largest absolute Gasteiger partial charge is 0.347 e. The fourth-order valence-electron chi connectivity index (χ4n) is 3.57. The van der Waals surface area contributed by atoms with Crippen LogP contribution in [0.5, 0.6) is 0 Å². The van der Waals surface area contributed by atoms with E-state index in [-0.39, 0.29) is 5.91 Å². The lowest BCUT2D eigenvalue weighted by atomic mass is 9.99. The smallest absolute Gasteiger partial charge is 0.272 e. The van der Waals surface area contributed by atoms with Crippen molar-refractivity contribution in [2.75, 3.05) is 13.1 Å². The van der Waals surface area contributed by atoms with Gasteiger partial charge in [0.05, 0.1) is 0 Å². The number of carbonyl (C=O) groups is 1. The van der Waals surface area contributed by atoms with Gasteiger partial charge in [-0.25, -0.2) is 0 Å². The monoisotopic (exact) mass is 352 g/mol. The van der Waals surface area contributed by atoms with Crippen molar-refractivity contribution in [3.05, 3.63) is 52.8 Å². The lowest BCUT2D eigenvalue weighted by Crippen LogP contribution is -2.32. The molecule has 138 valence electrons. The van der Waals surface area contributed by atoms with Crippen molar-refractivity contribution < 1.29 is 4.79 Å². The first-order valence-electron chi connectivity index (χ1n) is 9.81. The van der Waals surface area contributed by atoms with Crippen LogP contribution in [0, 0.1) is 5.92 Å². The first-order chi connectivity index (χ1) is 12.7. The van der Waals surface area contributed by atoms with E-state index in [1.807, 2.05) is 6.07 Å². The van der Waals surface area contributed by atoms with Crippen LogP contribution < -0.4 is 5.32 Å². The van der Waals surface area contributed by atoms with Gasteiger partial charge >= 0.3 is 0 Å². The summed E-state index contributed by atoms with van der Waals surface area (Å²) >= 11 is 0. The van der Waals surface area contributed by atoms with Gasteiger partial charge in [0.15, 0.2) is 0 Å². The second-order valence-corrected chi connectivity index (χ2v) is 7.94. The van der Waals surface area contributed by atoms with Crippen LogP contribution in [0.15, 0.2) is 30.3 Å². The number of piperidine rings is 1. The average molecular weight is 352 g/mol. The van der Waals surface area contributed by atoms with Crippen molar-refractivity contribution >= 4 is 5.91 Å². The quantitative estimate of drug-likeness (QED) is 0.837. The Hall–Kier alpha value is -2.14. The van der Waals surface area contributed by atoms with Crippen LogP contribution in [0.25, 0.3) is 0 Å². The SMILES string of the molecule is CC1CCN(Cc2ccc(CNC(=O)c3cc(C4CC4)[nH]n3)cc2)CC1. The van der Waals surface area contributed by atoms with E-state index in [1.165, 1.54) is 44.3 Å². The molecule has 1 aliphatic heterocycles. The molecule has 2 N–H and O–H groups in total. The summed E-state index contributed by atoms with van der Waals surface area (Å²) in [6, 6.07) is 10.5. The standard InChI is InChI=1S/C21H28N4O/c1-15-8-10-25(11-9-15)14-17-4-2-16(3-5-17)13-22-21(26)20-12-19(23-24-20)18-6-7-18/h2-5,12,15,18H,6-11,13-14H2,1H3,(H,22,26)(H,23,24). The van der Waals surface area contributed by atoms with Gasteiger partial charge in [0.25, 0.3) is 5.91 Å². The van der Waals surface area contributed by atoms with Crippen LogP contribution in [0.2, 0.25) is 0 Å². The highest BCUT2D eigenvalue weighted by Gasteiger charge is 2.26. The first-order valence-corrected chi connectivity index (χ1v) is 9.81. The lowest BCUT2D eigenvalue weighted by molar-refractivity contribution is 0.0946. The second kappa shape index (κ2) is 7.62. The number of hydrogen-bond acceptors (Lipinski definition) is 3. The summed E-state index contributed by atoms with van der Waals surface area (Å²) in [4.78, 5) is 14.8. The van der Waals surface area contributed by atoms with E-state index in [4.69, 9.17) is 0 Å². The molecule has 5 heteroatoms. The Morgan fingerprint density at radius 2 is 1.85 bits per heavy atom. The molecule has 1 aromatic heterocycles. The maximum Gasteiger partial charge on any atom is 0.272 e. The molecule has 1 saturated carbocycles. The molecule has 4 rings (SSSR count). The van der Waals surface area contributed by atoms with Crippen molar-refractivity contribution in [1.82, 2.24) is 20.4 Å². The number of amides is 1. The number of carbonyl (C=O) groups excluding carboxylic acids is 1. The zero-order valence-electron chi connectivity index (χ0n) is 15.5. The van der Waals surface area contributed by atoms with E-state index < -0.39 is 0 Å². The number of rotatable bonds is 6. The summed E-state index contributed by atoms with van der Waals surface area (Å²) in [7, 11) is 0. The van der Waals surface area contributed by atoms with Gasteiger partial charge in [0.2, 0.25) is 0 Å². The van der Waals surface area contributed by atoms with Gasteiger partial charge in [-0.3, -0.25) is 14.8 Å². The predicted molar refractivity (Wildman–Crippen MR) is 102 cm³/mol. The Kier molecular flexibility index (Phi) is 5.07. The number of benzene rings is 1. The van der Waals surface area contributed by atoms with Crippen LogP contribution in [-0.2, 0) is 13.1 Å². The molecule has 2 aliphatic rings. The van der Waals surface area contributed by atoms with E-state index in [0.29, 0.717) is 18.2 Å². The highest BCUT2D eigenvalue weighted by Crippen LogP contribution is 2.38. The van der Waals surface area contributed by atoms with Crippen LogP contribution in [0.1, 0.15) is 65.8 Å². The third-order valence-electron chi connectivity index (χ3n) is 5.61. The Balaban J connectivity index is 1.26. The van der Waals surface area contributed by atoms with Crippen LogP contribution >= 0.6 is 0 Å².